The molecule has 0 aliphatic carbocycles. The summed E-state index contributed by atoms with van der Waals surface area (Å²) in [5.41, 5.74) is 3.19. The number of anilines is 1. The molecule has 0 fully saturated rings. The minimum Gasteiger partial charge on any atom is -0.451 e. The van der Waals surface area contributed by atoms with Crippen molar-refractivity contribution in [1.82, 2.24) is 30.3 Å². The van der Waals surface area contributed by atoms with Gasteiger partial charge in [-0.15, -0.1) is 5.12 Å². The molecule has 3 rings (SSSR count). The second-order valence-corrected chi connectivity index (χ2v) is 10.1. The van der Waals surface area contributed by atoms with Crippen LogP contribution in [0.1, 0.15) is 34.7 Å². The smallest absolute Gasteiger partial charge is 0.443 e. The molecule has 0 saturated carbocycles. The molecule has 2 aromatic heterocycles. The summed E-state index contributed by atoms with van der Waals surface area (Å²) in [6, 6.07) is 7.99. The second kappa shape index (κ2) is 12.8. The van der Waals surface area contributed by atoms with Gasteiger partial charge in [-0.05, 0) is 63.0 Å². The van der Waals surface area contributed by atoms with Crippen LogP contribution in [0, 0.1) is 0 Å². The van der Waals surface area contributed by atoms with E-state index in [-0.39, 0.29) is 34.3 Å². The normalized spacial score (nSPS) is 10.7. The molecule has 0 atom stereocenters. The number of rotatable bonds is 7. The largest absolute Gasteiger partial charge is 0.451 e. The average Bonchev–Trinajstić information content (AvgIpc) is 3.26. The third-order valence-electron chi connectivity index (χ3n) is 4.81. The SMILES string of the molecule is CCNN(C(=O)OC)N(CC)C(=O)c1cc(Br)cc(Br)c1NC(=O)c1cc(Br)nn1-c1ncccc1Cl. The molecule has 0 unspecified atom stereocenters. The van der Waals surface area contributed by atoms with Gasteiger partial charge in [-0.25, -0.2) is 24.9 Å². The van der Waals surface area contributed by atoms with Gasteiger partial charge in [-0.1, -0.05) is 34.5 Å². The van der Waals surface area contributed by atoms with Crippen LogP contribution in [0.2, 0.25) is 5.02 Å². The van der Waals surface area contributed by atoms with Crippen LogP contribution < -0.4 is 10.7 Å². The van der Waals surface area contributed by atoms with Crippen molar-refractivity contribution in [3.05, 3.63) is 66.4 Å². The molecule has 0 bridgehead atoms. The summed E-state index contributed by atoms with van der Waals surface area (Å²) in [6.07, 6.45) is 0.745. The van der Waals surface area contributed by atoms with Crippen LogP contribution in [-0.2, 0) is 4.74 Å². The molecular weight excluding hydrogens is 701 g/mol. The number of carbonyl (C=O) groups excluding carboxylic acids is 3. The summed E-state index contributed by atoms with van der Waals surface area (Å²) >= 11 is 16.4. The van der Waals surface area contributed by atoms with E-state index in [2.05, 4.69) is 68.6 Å². The number of benzene rings is 1. The topological polar surface area (TPSA) is 122 Å². The Labute approximate surface area is 242 Å². The van der Waals surface area contributed by atoms with Gasteiger partial charge in [-0.2, -0.15) is 5.10 Å². The van der Waals surface area contributed by atoms with Gasteiger partial charge in [0.05, 0.1) is 23.4 Å². The number of hydrazine groups is 2. The van der Waals surface area contributed by atoms with Crippen molar-refractivity contribution >= 4 is 83.0 Å². The first-order chi connectivity index (χ1) is 17.6. The van der Waals surface area contributed by atoms with E-state index in [1.54, 1.807) is 32.0 Å². The monoisotopic (exact) mass is 719 g/mol. The molecule has 3 aromatic rings. The number of halogens is 4. The highest BCUT2D eigenvalue weighted by atomic mass is 79.9. The Bertz CT molecular complexity index is 1340. The van der Waals surface area contributed by atoms with Crippen LogP contribution >= 0.6 is 59.4 Å². The minimum absolute atomic E-state index is 0.101. The van der Waals surface area contributed by atoms with Crippen LogP contribution in [0.4, 0.5) is 10.5 Å². The molecule has 3 amide bonds. The van der Waals surface area contributed by atoms with E-state index < -0.39 is 17.9 Å². The standard InChI is InChI=1S/C22H21Br3ClN7O4/c1-4-28-33(22(36)37-3)31(5-2)21(35)13-9-12(23)10-14(24)18(13)29-20(34)16-11-17(25)30-32(16)19-15(26)7-6-8-27-19/h6-11,28H,4-5H2,1-3H3,(H,29,34). The highest BCUT2D eigenvalue weighted by molar-refractivity contribution is 9.11. The third kappa shape index (κ3) is 6.49. The van der Waals surface area contributed by atoms with Crippen molar-refractivity contribution in [2.45, 2.75) is 13.8 Å². The number of nitrogens with zero attached hydrogens (tertiary/aromatic N) is 5. The summed E-state index contributed by atoms with van der Waals surface area (Å²) in [5, 5.41) is 9.49. The quantitative estimate of drug-likeness (QED) is 0.312. The maximum Gasteiger partial charge on any atom is 0.443 e. The lowest BCUT2D eigenvalue weighted by Crippen LogP contribution is -2.56. The molecule has 0 saturated heterocycles. The van der Waals surface area contributed by atoms with Gasteiger partial charge in [0.15, 0.2) is 5.82 Å². The highest BCUT2D eigenvalue weighted by Crippen LogP contribution is 2.33. The number of hydrogen-bond acceptors (Lipinski definition) is 7. The van der Waals surface area contributed by atoms with Crippen LogP contribution in [-0.4, -0.2) is 63.0 Å². The number of carbonyl (C=O) groups is 3. The fourth-order valence-electron chi connectivity index (χ4n) is 3.26. The van der Waals surface area contributed by atoms with Crippen molar-refractivity contribution in [2.24, 2.45) is 0 Å². The molecular formula is C22H21Br3ClN7O4. The molecule has 11 nitrogen and oxygen atoms in total. The summed E-state index contributed by atoms with van der Waals surface area (Å²) in [6.45, 7) is 3.93. The van der Waals surface area contributed by atoms with Crippen molar-refractivity contribution in [1.29, 1.82) is 0 Å². The first-order valence-electron chi connectivity index (χ1n) is 10.7. The maximum absolute atomic E-state index is 13.7. The van der Waals surface area contributed by atoms with E-state index in [1.165, 1.54) is 30.1 Å². The third-order valence-corrected chi connectivity index (χ3v) is 6.57. The Morgan fingerprint density at radius 2 is 1.89 bits per heavy atom. The molecule has 2 heterocycles. The van der Waals surface area contributed by atoms with Gasteiger partial charge < -0.3 is 10.1 Å². The van der Waals surface area contributed by atoms with Gasteiger partial charge in [0, 0.05) is 34.3 Å². The van der Waals surface area contributed by atoms with Crippen LogP contribution in [0.3, 0.4) is 0 Å². The number of ether oxygens (including phenoxy) is 1. The van der Waals surface area contributed by atoms with E-state index >= 15 is 0 Å². The Hall–Kier alpha value is -2.52. The molecule has 0 radical (unpaired) electrons. The van der Waals surface area contributed by atoms with Crippen LogP contribution in [0.25, 0.3) is 5.82 Å². The van der Waals surface area contributed by atoms with Crippen molar-refractivity contribution in [2.75, 3.05) is 25.5 Å². The predicted octanol–water partition coefficient (Wildman–Crippen LogP) is 5.43. The first-order valence-corrected chi connectivity index (χ1v) is 13.5. The van der Waals surface area contributed by atoms with Gasteiger partial charge in [0.2, 0.25) is 0 Å². The molecule has 0 spiro atoms. The van der Waals surface area contributed by atoms with Crippen LogP contribution in [0.15, 0.2) is 50.1 Å². The number of hydrogen-bond donors (Lipinski definition) is 2. The van der Waals surface area contributed by atoms with Crippen molar-refractivity contribution in [3.63, 3.8) is 0 Å². The van der Waals surface area contributed by atoms with E-state index in [1.807, 2.05) is 0 Å². The van der Waals surface area contributed by atoms with Crippen molar-refractivity contribution in [3.8, 4) is 5.82 Å². The number of methoxy groups -OCH3 is 1. The number of amides is 3. The Morgan fingerprint density at radius 1 is 1.16 bits per heavy atom. The first kappa shape index (κ1) is 29.0. The zero-order valence-electron chi connectivity index (χ0n) is 19.8. The van der Waals surface area contributed by atoms with Gasteiger partial charge in [0.1, 0.15) is 10.3 Å². The molecule has 37 heavy (non-hydrogen) atoms. The fourth-order valence-corrected chi connectivity index (χ4v) is 5.16. The molecule has 1 aromatic carbocycles. The summed E-state index contributed by atoms with van der Waals surface area (Å²) in [5.74, 6) is -0.909. The van der Waals surface area contributed by atoms with E-state index in [0.29, 0.717) is 20.1 Å². The van der Waals surface area contributed by atoms with Crippen LogP contribution in [0.5, 0.6) is 0 Å². The molecule has 15 heteroatoms. The molecule has 196 valence electrons. The Kier molecular flexibility index (Phi) is 10.1. The summed E-state index contributed by atoms with van der Waals surface area (Å²) < 4.78 is 7.47. The Balaban J connectivity index is 2.05. The molecule has 2 N–H and O–H groups in total. The van der Waals surface area contributed by atoms with Gasteiger partial charge >= 0.3 is 6.09 Å². The zero-order valence-corrected chi connectivity index (χ0v) is 25.3. The highest BCUT2D eigenvalue weighted by Gasteiger charge is 2.30. The van der Waals surface area contributed by atoms with Gasteiger partial charge in [-0.3, -0.25) is 9.59 Å². The van der Waals surface area contributed by atoms with E-state index in [4.69, 9.17) is 16.3 Å². The molecule has 0 aliphatic heterocycles. The predicted molar refractivity (Wildman–Crippen MR) is 148 cm³/mol. The second-order valence-electron chi connectivity index (χ2n) is 7.15. The number of pyridine rings is 1. The summed E-state index contributed by atoms with van der Waals surface area (Å²) in [4.78, 5) is 43.7. The lowest BCUT2D eigenvalue weighted by Gasteiger charge is -2.33. The maximum atomic E-state index is 13.7. The number of aromatic nitrogens is 3. The molecule has 0 aliphatic rings. The van der Waals surface area contributed by atoms with Gasteiger partial charge in [0.25, 0.3) is 11.8 Å². The number of nitrogens with one attached hydrogen (secondary N) is 2. The average molecular weight is 723 g/mol. The summed E-state index contributed by atoms with van der Waals surface area (Å²) in [7, 11) is 1.21. The zero-order chi connectivity index (χ0) is 27.3. The lowest BCUT2D eigenvalue weighted by molar-refractivity contribution is -0.0318. The van der Waals surface area contributed by atoms with E-state index in [0.717, 1.165) is 10.1 Å². The fraction of sp³-hybridized carbons (Fsp3) is 0.227. The Morgan fingerprint density at radius 3 is 2.51 bits per heavy atom. The van der Waals surface area contributed by atoms with Crippen molar-refractivity contribution < 1.29 is 19.1 Å². The lowest BCUT2D eigenvalue weighted by atomic mass is 10.1. The van der Waals surface area contributed by atoms with E-state index in [9.17, 15) is 14.4 Å². The minimum atomic E-state index is -0.780.